The standard InChI is InChI=1S/C18H25N3/c1-14-13-21(10-9-20(14)2)18(12-19)17-8-7-15-5-3-4-6-16(15)11-17/h3-8,11,14,18H,9-10,12-13,19H2,1-2H3. The highest BCUT2D eigenvalue weighted by molar-refractivity contribution is 5.83. The molecule has 2 aromatic carbocycles. The van der Waals surface area contributed by atoms with Crippen LogP contribution in [0.15, 0.2) is 42.5 Å². The van der Waals surface area contributed by atoms with Gasteiger partial charge in [-0.2, -0.15) is 0 Å². The summed E-state index contributed by atoms with van der Waals surface area (Å²) in [6, 6.07) is 16.2. The smallest absolute Gasteiger partial charge is 0.0471 e. The first-order valence-corrected chi connectivity index (χ1v) is 7.82. The Balaban J connectivity index is 1.87. The number of nitrogens with two attached hydrogens (primary N) is 1. The Morgan fingerprint density at radius 3 is 2.62 bits per heavy atom. The van der Waals surface area contributed by atoms with Gasteiger partial charge in [0.25, 0.3) is 0 Å². The number of rotatable bonds is 3. The maximum atomic E-state index is 6.10. The van der Waals surface area contributed by atoms with E-state index in [1.165, 1.54) is 16.3 Å². The van der Waals surface area contributed by atoms with Gasteiger partial charge < -0.3 is 10.6 Å². The first kappa shape index (κ1) is 14.5. The van der Waals surface area contributed by atoms with Crippen molar-refractivity contribution in [2.75, 3.05) is 33.2 Å². The second kappa shape index (κ2) is 6.14. The van der Waals surface area contributed by atoms with Crippen molar-refractivity contribution >= 4 is 10.8 Å². The topological polar surface area (TPSA) is 32.5 Å². The van der Waals surface area contributed by atoms with Crippen molar-refractivity contribution in [3.63, 3.8) is 0 Å². The summed E-state index contributed by atoms with van der Waals surface area (Å²) in [7, 11) is 2.20. The third-order valence-corrected chi connectivity index (χ3v) is 4.81. The van der Waals surface area contributed by atoms with Crippen LogP contribution in [0.4, 0.5) is 0 Å². The summed E-state index contributed by atoms with van der Waals surface area (Å²) in [6.07, 6.45) is 0. The van der Waals surface area contributed by atoms with Crippen LogP contribution in [0, 0.1) is 0 Å². The number of hydrogen-bond donors (Lipinski definition) is 1. The molecule has 3 heteroatoms. The van der Waals surface area contributed by atoms with Crippen LogP contribution in [-0.4, -0.2) is 49.1 Å². The lowest BCUT2D eigenvalue weighted by molar-refractivity contribution is 0.0742. The first-order chi connectivity index (χ1) is 10.2. The minimum absolute atomic E-state index is 0.325. The molecule has 0 spiro atoms. The Morgan fingerprint density at radius 1 is 1.14 bits per heavy atom. The van der Waals surface area contributed by atoms with Gasteiger partial charge in [-0.25, -0.2) is 0 Å². The number of nitrogens with zero attached hydrogens (tertiary/aromatic N) is 2. The zero-order chi connectivity index (χ0) is 14.8. The van der Waals surface area contributed by atoms with Gasteiger partial charge in [0.1, 0.15) is 0 Å². The predicted molar refractivity (Wildman–Crippen MR) is 89.4 cm³/mol. The normalized spacial score (nSPS) is 22.5. The van der Waals surface area contributed by atoms with Crippen molar-refractivity contribution in [2.24, 2.45) is 5.73 Å². The highest BCUT2D eigenvalue weighted by atomic mass is 15.3. The van der Waals surface area contributed by atoms with Gasteiger partial charge in [-0.15, -0.1) is 0 Å². The van der Waals surface area contributed by atoms with E-state index in [0.29, 0.717) is 18.6 Å². The molecule has 3 rings (SSSR count). The molecule has 21 heavy (non-hydrogen) atoms. The summed E-state index contributed by atoms with van der Waals surface area (Å²) >= 11 is 0. The second-order valence-corrected chi connectivity index (χ2v) is 6.18. The SMILES string of the molecule is CC1CN(C(CN)c2ccc3ccccc3c2)CCN1C. The fourth-order valence-corrected chi connectivity index (χ4v) is 3.27. The second-order valence-electron chi connectivity index (χ2n) is 6.18. The van der Waals surface area contributed by atoms with Gasteiger partial charge in [-0.1, -0.05) is 36.4 Å². The zero-order valence-corrected chi connectivity index (χ0v) is 13.0. The molecule has 112 valence electrons. The molecule has 2 atom stereocenters. The Labute approximate surface area is 127 Å². The molecule has 2 unspecified atom stereocenters. The molecule has 0 bridgehead atoms. The average Bonchev–Trinajstić information content (AvgIpc) is 2.51. The van der Waals surface area contributed by atoms with Crippen molar-refractivity contribution in [3.8, 4) is 0 Å². The van der Waals surface area contributed by atoms with E-state index in [1.807, 2.05) is 0 Å². The van der Waals surface area contributed by atoms with E-state index in [2.05, 4.69) is 66.2 Å². The van der Waals surface area contributed by atoms with Crippen LogP contribution >= 0.6 is 0 Å². The minimum atomic E-state index is 0.325. The highest BCUT2D eigenvalue weighted by Gasteiger charge is 2.26. The molecule has 2 aromatic rings. The van der Waals surface area contributed by atoms with Gasteiger partial charge in [-0.05, 0) is 36.4 Å². The van der Waals surface area contributed by atoms with Gasteiger partial charge in [0, 0.05) is 38.3 Å². The summed E-state index contributed by atoms with van der Waals surface area (Å²) in [5.41, 5.74) is 7.45. The zero-order valence-electron chi connectivity index (χ0n) is 13.0. The molecule has 1 heterocycles. The molecule has 0 aromatic heterocycles. The lowest BCUT2D eigenvalue weighted by Gasteiger charge is -2.41. The molecule has 1 aliphatic rings. The monoisotopic (exact) mass is 283 g/mol. The van der Waals surface area contributed by atoms with Crippen molar-refractivity contribution in [1.29, 1.82) is 0 Å². The van der Waals surface area contributed by atoms with Crippen LogP contribution < -0.4 is 5.73 Å². The molecular formula is C18H25N3. The Morgan fingerprint density at radius 2 is 1.90 bits per heavy atom. The van der Waals surface area contributed by atoms with Crippen LogP contribution in [0.5, 0.6) is 0 Å². The first-order valence-electron chi connectivity index (χ1n) is 7.82. The number of fused-ring (bicyclic) bond motifs is 1. The maximum Gasteiger partial charge on any atom is 0.0471 e. The van der Waals surface area contributed by atoms with E-state index in [-0.39, 0.29) is 0 Å². The molecule has 0 radical (unpaired) electrons. The summed E-state index contributed by atoms with van der Waals surface area (Å²) in [5, 5.41) is 2.60. The minimum Gasteiger partial charge on any atom is -0.329 e. The van der Waals surface area contributed by atoms with E-state index in [4.69, 9.17) is 5.73 Å². The number of piperazine rings is 1. The number of benzene rings is 2. The third-order valence-electron chi connectivity index (χ3n) is 4.81. The molecule has 1 aliphatic heterocycles. The van der Waals surface area contributed by atoms with Gasteiger partial charge in [-0.3, -0.25) is 4.90 Å². The van der Waals surface area contributed by atoms with E-state index in [1.54, 1.807) is 0 Å². The van der Waals surface area contributed by atoms with Gasteiger partial charge >= 0.3 is 0 Å². The van der Waals surface area contributed by atoms with E-state index >= 15 is 0 Å². The highest BCUT2D eigenvalue weighted by Crippen LogP contribution is 2.26. The lowest BCUT2D eigenvalue weighted by atomic mass is 9.99. The van der Waals surface area contributed by atoms with E-state index < -0.39 is 0 Å². The quantitative estimate of drug-likeness (QED) is 0.939. The van der Waals surface area contributed by atoms with E-state index in [0.717, 1.165) is 19.6 Å². The van der Waals surface area contributed by atoms with Crippen molar-refractivity contribution in [1.82, 2.24) is 9.80 Å². The Hall–Kier alpha value is -1.42. The molecule has 1 saturated heterocycles. The molecular weight excluding hydrogens is 258 g/mol. The molecule has 0 aliphatic carbocycles. The van der Waals surface area contributed by atoms with E-state index in [9.17, 15) is 0 Å². The summed E-state index contributed by atoms with van der Waals surface area (Å²) in [5.74, 6) is 0. The third kappa shape index (κ3) is 2.95. The van der Waals surface area contributed by atoms with Gasteiger partial charge in [0.05, 0.1) is 0 Å². The molecule has 2 N–H and O–H groups in total. The fourth-order valence-electron chi connectivity index (χ4n) is 3.27. The van der Waals surface area contributed by atoms with Crippen LogP contribution in [0.2, 0.25) is 0 Å². The van der Waals surface area contributed by atoms with Crippen molar-refractivity contribution < 1.29 is 0 Å². The average molecular weight is 283 g/mol. The van der Waals surface area contributed by atoms with Crippen LogP contribution in [-0.2, 0) is 0 Å². The lowest BCUT2D eigenvalue weighted by Crippen LogP contribution is -2.52. The maximum absolute atomic E-state index is 6.10. The van der Waals surface area contributed by atoms with Crippen molar-refractivity contribution in [3.05, 3.63) is 48.0 Å². The van der Waals surface area contributed by atoms with Crippen LogP contribution in [0.3, 0.4) is 0 Å². The number of hydrogen-bond acceptors (Lipinski definition) is 3. The summed E-state index contributed by atoms with van der Waals surface area (Å²) in [4.78, 5) is 4.96. The number of likely N-dealkylation sites (N-methyl/N-ethyl adjacent to an activating group) is 1. The Kier molecular flexibility index (Phi) is 4.24. The molecule has 1 fully saturated rings. The predicted octanol–water partition coefficient (Wildman–Crippen LogP) is 2.48. The van der Waals surface area contributed by atoms with Crippen LogP contribution in [0.1, 0.15) is 18.5 Å². The molecule has 0 saturated carbocycles. The van der Waals surface area contributed by atoms with Gasteiger partial charge in [0.15, 0.2) is 0 Å². The summed E-state index contributed by atoms with van der Waals surface area (Å²) < 4.78 is 0. The fraction of sp³-hybridized carbons (Fsp3) is 0.444. The van der Waals surface area contributed by atoms with Crippen LogP contribution in [0.25, 0.3) is 10.8 Å². The largest absolute Gasteiger partial charge is 0.329 e. The Bertz CT molecular complexity index is 610. The molecule has 3 nitrogen and oxygen atoms in total. The van der Waals surface area contributed by atoms with Crippen molar-refractivity contribution in [2.45, 2.75) is 19.0 Å². The molecule has 0 amide bonds. The summed E-state index contributed by atoms with van der Waals surface area (Å²) in [6.45, 7) is 6.26. The van der Waals surface area contributed by atoms with Gasteiger partial charge in [0.2, 0.25) is 0 Å².